The Morgan fingerprint density at radius 2 is 2.26 bits per heavy atom. The van der Waals surface area contributed by atoms with Crippen LogP contribution in [0.5, 0.6) is 0 Å². The van der Waals surface area contributed by atoms with Gasteiger partial charge in [0.2, 0.25) is 0 Å². The lowest BCUT2D eigenvalue weighted by Gasteiger charge is -2.16. The maximum Gasteiger partial charge on any atom is 0.290 e. The van der Waals surface area contributed by atoms with Crippen LogP contribution in [0, 0.1) is 0 Å². The Balaban J connectivity index is 1.70. The molecule has 2 aromatic rings. The van der Waals surface area contributed by atoms with Gasteiger partial charge < -0.3 is 14.8 Å². The van der Waals surface area contributed by atoms with E-state index in [2.05, 4.69) is 15.5 Å². The number of nitrogens with one attached hydrogen (secondary N) is 1. The Labute approximate surface area is 138 Å². The summed E-state index contributed by atoms with van der Waals surface area (Å²) in [6.07, 6.45) is 1.76. The number of aromatic nitrogens is 4. The van der Waals surface area contributed by atoms with Crippen molar-refractivity contribution in [1.29, 1.82) is 0 Å². The van der Waals surface area contributed by atoms with Crippen molar-refractivity contribution in [3.8, 4) is 0 Å². The van der Waals surface area contributed by atoms with Gasteiger partial charge in [0.25, 0.3) is 5.56 Å². The zero-order valence-corrected chi connectivity index (χ0v) is 13.9. The Kier molecular flexibility index (Phi) is 4.13. The summed E-state index contributed by atoms with van der Waals surface area (Å²) < 4.78 is 14.2. The molecule has 0 saturated carbocycles. The fraction of sp³-hybridized carbons (Fsp3) is 0.500. The largest absolute Gasteiger partial charge is 0.348 e. The second-order valence-corrected chi connectivity index (χ2v) is 6.20. The lowest BCUT2D eigenvalue weighted by atomic mass is 10.4. The third-order valence-electron chi connectivity index (χ3n) is 3.39. The smallest absolute Gasteiger partial charge is 0.290 e. The average Bonchev–Trinajstić information content (AvgIpc) is 3.02. The number of aryl methyl sites for hydroxylation is 1. The molecule has 0 radical (unpaired) electrons. The second-order valence-electron chi connectivity index (χ2n) is 5.81. The highest BCUT2D eigenvalue weighted by Crippen LogP contribution is 2.23. The Hall–Kier alpha value is -1.90. The number of halogens is 1. The van der Waals surface area contributed by atoms with Crippen molar-refractivity contribution in [2.24, 2.45) is 7.05 Å². The fourth-order valence-electron chi connectivity index (χ4n) is 2.39. The molecule has 8 nitrogen and oxygen atoms in total. The van der Waals surface area contributed by atoms with Crippen molar-refractivity contribution < 1.29 is 9.47 Å². The summed E-state index contributed by atoms with van der Waals surface area (Å²) in [5.74, 6) is -0.0126. The molecule has 0 amide bonds. The summed E-state index contributed by atoms with van der Waals surface area (Å²) >= 11 is 5.87. The predicted octanol–water partition coefficient (Wildman–Crippen LogP) is 1.53. The van der Waals surface area contributed by atoms with E-state index in [9.17, 15) is 4.79 Å². The van der Waals surface area contributed by atoms with Crippen molar-refractivity contribution in [1.82, 2.24) is 19.6 Å². The summed E-state index contributed by atoms with van der Waals surface area (Å²) in [4.78, 5) is 12.0. The van der Waals surface area contributed by atoms with E-state index in [1.807, 2.05) is 20.0 Å². The molecule has 3 heterocycles. The molecule has 2 aromatic heterocycles. The Morgan fingerprint density at radius 3 is 2.96 bits per heavy atom. The molecule has 1 saturated heterocycles. The van der Waals surface area contributed by atoms with Crippen molar-refractivity contribution in [3.63, 3.8) is 0 Å². The first-order valence-corrected chi connectivity index (χ1v) is 7.56. The van der Waals surface area contributed by atoms with Crippen LogP contribution in [0.2, 0.25) is 5.15 Å². The van der Waals surface area contributed by atoms with Crippen LogP contribution in [0.4, 0.5) is 11.5 Å². The van der Waals surface area contributed by atoms with E-state index in [1.54, 1.807) is 10.7 Å². The van der Waals surface area contributed by atoms with Crippen LogP contribution >= 0.6 is 11.6 Å². The molecule has 1 atom stereocenters. The van der Waals surface area contributed by atoms with Crippen LogP contribution in [0.25, 0.3) is 0 Å². The molecule has 0 bridgehead atoms. The number of hydrogen-bond acceptors (Lipinski definition) is 6. The lowest BCUT2D eigenvalue weighted by Crippen LogP contribution is -2.24. The van der Waals surface area contributed by atoms with E-state index in [1.165, 1.54) is 17.8 Å². The van der Waals surface area contributed by atoms with Gasteiger partial charge >= 0.3 is 0 Å². The zero-order chi connectivity index (χ0) is 16.6. The first-order chi connectivity index (χ1) is 10.8. The van der Waals surface area contributed by atoms with Gasteiger partial charge in [0.1, 0.15) is 11.8 Å². The third-order valence-corrected chi connectivity index (χ3v) is 3.58. The quantitative estimate of drug-likeness (QED) is 0.909. The van der Waals surface area contributed by atoms with E-state index in [4.69, 9.17) is 21.1 Å². The number of anilines is 2. The van der Waals surface area contributed by atoms with Crippen molar-refractivity contribution in [2.75, 3.05) is 11.9 Å². The highest BCUT2D eigenvalue weighted by Gasteiger charge is 2.32. The molecule has 1 fully saturated rings. The Morgan fingerprint density at radius 1 is 1.48 bits per heavy atom. The second kappa shape index (κ2) is 5.95. The first kappa shape index (κ1) is 16.0. The monoisotopic (exact) mass is 339 g/mol. The summed E-state index contributed by atoms with van der Waals surface area (Å²) in [6, 6.07) is 3.24. The molecule has 3 rings (SSSR count). The fourth-order valence-corrected chi connectivity index (χ4v) is 2.61. The molecular weight excluding hydrogens is 322 g/mol. The van der Waals surface area contributed by atoms with Gasteiger partial charge in [-0.3, -0.25) is 9.48 Å². The minimum Gasteiger partial charge on any atom is -0.348 e. The van der Waals surface area contributed by atoms with Crippen LogP contribution in [-0.4, -0.2) is 38.1 Å². The predicted molar refractivity (Wildman–Crippen MR) is 84.9 cm³/mol. The van der Waals surface area contributed by atoms with Crippen LogP contribution in [0.1, 0.15) is 13.8 Å². The molecule has 0 aliphatic carbocycles. The van der Waals surface area contributed by atoms with E-state index in [-0.39, 0.29) is 16.8 Å². The lowest BCUT2D eigenvalue weighted by molar-refractivity contribution is -0.139. The molecule has 23 heavy (non-hydrogen) atoms. The van der Waals surface area contributed by atoms with Crippen LogP contribution in [0.15, 0.2) is 23.1 Å². The highest BCUT2D eigenvalue weighted by molar-refractivity contribution is 6.29. The van der Waals surface area contributed by atoms with Gasteiger partial charge in [-0.2, -0.15) is 10.2 Å². The molecule has 1 N–H and O–H groups in total. The standard InChI is InChI=1S/C14H18ClN5O3/c1-14(2)22-8-9(23-14)7-20-5-4-12(18-20)16-10-6-11(15)17-19(3)13(10)21/h4-6,9H,7-8H2,1-3H3,(H,16,18). The summed E-state index contributed by atoms with van der Waals surface area (Å²) in [5.41, 5.74) is 0.0394. The SMILES string of the molecule is Cn1nc(Cl)cc(Nc2ccn(CC3COC(C)(C)O3)n2)c1=O. The minimum atomic E-state index is -0.557. The van der Waals surface area contributed by atoms with E-state index >= 15 is 0 Å². The van der Waals surface area contributed by atoms with Gasteiger partial charge in [-0.05, 0) is 13.8 Å². The zero-order valence-electron chi connectivity index (χ0n) is 13.1. The maximum atomic E-state index is 12.0. The van der Waals surface area contributed by atoms with Gasteiger partial charge in [-0.1, -0.05) is 11.6 Å². The van der Waals surface area contributed by atoms with Crippen molar-refractivity contribution in [3.05, 3.63) is 33.8 Å². The van der Waals surface area contributed by atoms with Gasteiger partial charge in [-0.15, -0.1) is 0 Å². The van der Waals surface area contributed by atoms with Gasteiger partial charge in [0.15, 0.2) is 16.8 Å². The molecule has 0 spiro atoms. The summed E-state index contributed by atoms with van der Waals surface area (Å²) in [5, 5.41) is 11.4. The average molecular weight is 340 g/mol. The van der Waals surface area contributed by atoms with Crippen LogP contribution in [-0.2, 0) is 23.1 Å². The van der Waals surface area contributed by atoms with Crippen molar-refractivity contribution >= 4 is 23.1 Å². The maximum absolute atomic E-state index is 12.0. The van der Waals surface area contributed by atoms with Crippen molar-refractivity contribution in [2.45, 2.75) is 32.3 Å². The summed E-state index contributed by atoms with van der Waals surface area (Å²) in [6.45, 7) is 4.86. The number of nitrogens with zero attached hydrogens (tertiary/aromatic N) is 4. The normalized spacial score (nSPS) is 19.9. The molecule has 1 aliphatic heterocycles. The highest BCUT2D eigenvalue weighted by atomic mass is 35.5. The third kappa shape index (κ3) is 3.72. The Bertz CT molecular complexity index is 770. The van der Waals surface area contributed by atoms with Gasteiger partial charge in [0.05, 0.1) is 13.2 Å². The molecule has 9 heteroatoms. The molecule has 124 valence electrons. The first-order valence-electron chi connectivity index (χ1n) is 7.18. The molecule has 0 aromatic carbocycles. The number of hydrogen-bond donors (Lipinski definition) is 1. The van der Waals surface area contributed by atoms with Crippen LogP contribution < -0.4 is 10.9 Å². The van der Waals surface area contributed by atoms with Crippen LogP contribution in [0.3, 0.4) is 0 Å². The minimum absolute atomic E-state index is 0.0546. The van der Waals surface area contributed by atoms with E-state index in [0.29, 0.717) is 24.7 Å². The molecule has 1 unspecified atom stereocenters. The molecular formula is C14H18ClN5O3. The van der Waals surface area contributed by atoms with Gasteiger partial charge in [0, 0.05) is 25.4 Å². The number of rotatable bonds is 4. The van der Waals surface area contributed by atoms with Gasteiger partial charge in [-0.25, -0.2) is 4.68 Å². The van der Waals surface area contributed by atoms with E-state index in [0.717, 1.165) is 0 Å². The summed E-state index contributed by atoms with van der Waals surface area (Å²) in [7, 11) is 1.54. The molecule has 1 aliphatic rings. The number of ether oxygens (including phenoxy) is 2. The van der Waals surface area contributed by atoms with E-state index < -0.39 is 5.79 Å². The topological polar surface area (TPSA) is 83.2 Å².